The molecule has 10 heavy (non-hydrogen) atoms. The first-order valence-corrected chi connectivity index (χ1v) is 3.00. The molecule has 0 aliphatic carbocycles. The summed E-state index contributed by atoms with van der Waals surface area (Å²) in [6, 6.07) is 0. The molecule has 58 valence electrons. The summed E-state index contributed by atoms with van der Waals surface area (Å²) in [7, 11) is 0. The lowest BCUT2D eigenvalue weighted by molar-refractivity contribution is -0.0924. The first kappa shape index (κ1) is 7.53. The lowest BCUT2D eigenvalue weighted by Crippen LogP contribution is -2.22. The van der Waals surface area contributed by atoms with Crippen LogP contribution >= 0.6 is 0 Å². The van der Waals surface area contributed by atoms with Gasteiger partial charge in [0, 0.05) is 6.42 Å². The van der Waals surface area contributed by atoms with Crippen molar-refractivity contribution in [1.82, 2.24) is 0 Å². The van der Waals surface area contributed by atoms with Crippen LogP contribution in [-0.2, 0) is 4.74 Å². The van der Waals surface area contributed by atoms with Gasteiger partial charge in [-0.1, -0.05) is 6.58 Å². The molecule has 1 saturated heterocycles. The van der Waals surface area contributed by atoms with E-state index in [1.807, 2.05) is 0 Å². The highest BCUT2D eigenvalue weighted by atomic mass is 16.6. The molecule has 0 radical (unpaired) electrons. The van der Waals surface area contributed by atoms with Gasteiger partial charge in [-0.25, -0.2) is 0 Å². The minimum atomic E-state index is -0.983. The quantitative estimate of drug-likeness (QED) is 0.437. The third kappa shape index (κ3) is 1.29. The van der Waals surface area contributed by atoms with E-state index in [-0.39, 0.29) is 12.2 Å². The van der Waals surface area contributed by atoms with E-state index < -0.39 is 18.5 Å². The fourth-order valence-corrected chi connectivity index (χ4v) is 0.946. The minimum Gasteiger partial charge on any atom is -0.510 e. The smallest absolute Gasteiger partial charge is 0.158 e. The molecule has 4 heteroatoms. The molecule has 0 saturated carbocycles. The van der Waals surface area contributed by atoms with Gasteiger partial charge in [0.2, 0.25) is 0 Å². The van der Waals surface area contributed by atoms with Crippen molar-refractivity contribution in [2.75, 3.05) is 0 Å². The fraction of sp³-hybridized carbons (Fsp3) is 0.667. The van der Waals surface area contributed by atoms with Crippen LogP contribution in [0.5, 0.6) is 0 Å². The van der Waals surface area contributed by atoms with Crippen LogP contribution in [0.1, 0.15) is 6.42 Å². The molecule has 3 atom stereocenters. The normalized spacial score (nSPS) is 40.0. The van der Waals surface area contributed by atoms with Gasteiger partial charge in [-0.05, 0) is 0 Å². The van der Waals surface area contributed by atoms with Crippen LogP contribution in [0, 0.1) is 0 Å². The van der Waals surface area contributed by atoms with Crippen LogP contribution in [0.2, 0.25) is 0 Å². The standard InChI is InChI=1S/C6H10O4/c1-3(7)6-4(8)2-5(9)10-6/h4-9H,1-2H2/t4-,5+,6+/m1/s1. The van der Waals surface area contributed by atoms with Gasteiger partial charge in [-0.15, -0.1) is 0 Å². The van der Waals surface area contributed by atoms with Gasteiger partial charge in [0.05, 0.1) is 6.10 Å². The SMILES string of the molecule is C=C(O)[C@@H]1O[C@H](O)C[C@H]1O. The summed E-state index contributed by atoms with van der Waals surface area (Å²) in [6.07, 6.45) is -2.52. The Labute approximate surface area is 58.4 Å². The molecule has 1 aliphatic heterocycles. The van der Waals surface area contributed by atoms with E-state index in [4.69, 9.17) is 20.1 Å². The highest BCUT2D eigenvalue weighted by Crippen LogP contribution is 2.21. The van der Waals surface area contributed by atoms with Crippen molar-refractivity contribution >= 4 is 0 Å². The molecule has 0 unspecified atom stereocenters. The van der Waals surface area contributed by atoms with E-state index in [0.29, 0.717) is 0 Å². The number of hydrogen-bond donors (Lipinski definition) is 3. The van der Waals surface area contributed by atoms with Crippen molar-refractivity contribution in [3.8, 4) is 0 Å². The number of hydrogen-bond acceptors (Lipinski definition) is 4. The van der Waals surface area contributed by atoms with E-state index >= 15 is 0 Å². The second-order valence-corrected chi connectivity index (χ2v) is 2.31. The summed E-state index contributed by atoms with van der Waals surface area (Å²) < 4.78 is 4.69. The lowest BCUT2D eigenvalue weighted by Gasteiger charge is -2.10. The molecule has 0 aromatic heterocycles. The number of aliphatic hydroxyl groups is 3. The van der Waals surface area contributed by atoms with Crippen LogP contribution in [0.15, 0.2) is 12.3 Å². The minimum absolute atomic E-state index is 0.129. The third-order valence-electron chi connectivity index (χ3n) is 1.42. The monoisotopic (exact) mass is 146 g/mol. The molecular weight excluding hydrogens is 136 g/mol. The van der Waals surface area contributed by atoms with E-state index in [1.54, 1.807) is 0 Å². The molecule has 0 amide bonds. The first-order valence-electron chi connectivity index (χ1n) is 3.00. The predicted octanol–water partition coefficient (Wildman–Crippen LogP) is -0.474. The lowest BCUT2D eigenvalue weighted by atomic mass is 10.2. The Hall–Kier alpha value is -0.580. The average Bonchev–Trinajstić information content (AvgIpc) is 2.10. The third-order valence-corrected chi connectivity index (χ3v) is 1.42. The Balaban J connectivity index is 2.54. The van der Waals surface area contributed by atoms with Crippen molar-refractivity contribution in [2.45, 2.75) is 24.9 Å². The van der Waals surface area contributed by atoms with Crippen LogP contribution in [0.3, 0.4) is 0 Å². The second-order valence-electron chi connectivity index (χ2n) is 2.31. The van der Waals surface area contributed by atoms with Crippen molar-refractivity contribution in [3.05, 3.63) is 12.3 Å². The van der Waals surface area contributed by atoms with Gasteiger partial charge in [0.15, 0.2) is 6.29 Å². The molecule has 3 N–H and O–H groups in total. The molecule has 1 fully saturated rings. The Kier molecular flexibility index (Phi) is 1.94. The zero-order valence-electron chi connectivity index (χ0n) is 5.40. The van der Waals surface area contributed by atoms with Crippen LogP contribution in [0.4, 0.5) is 0 Å². The van der Waals surface area contributed by atoms with Gasteiger partial charge < -0.3 is 20.1 Å². The van der Waals surface area contributed by atoms with E-state index in [2.05, 4.69) is 6.58 Å². The van der Waals surface area contributed by atoms with Crippen LogP contribution in [-0.4, -0.2) is 33.8 Å². The molecule has 0 aromatic rings. The van der Waals surface area contributed by atoms with Crippen LogP contribution in [0.25, 0.3) is 0 Å². The second kappa shape index (κ2) is 2.57. The maximum Gasteiger partial charge on any atom is 0.158 e. The first-order chi connectivity index (χ1) is 4.61. The summed E-state index contributed by atoms with van der Waals surface area (Å²) in [4.78, 5) is 0. The van der Waals surface area contributed by atoms with Gasteiger partial charge in [-0.2, -0.15) is 0 Å². The van der Waals surface area contributed by atoms with Gasteiger partial charge in [0.1, 0.15) is 11.9 Å². The van der Waals surface area contributed by atoms with Gasteiger partial charge in [0.25, 0.3) is 0 Å². The molecule has 1 heterocycles. The molecule has 4 nitrogen and oxygen atoms in total. The Morgan fingerprint density at radius 2 is 2.10 bits per heavy atom. The Bertz CT molecular complexity index is 145. The highest BCUT2D eigenvalue weighted by molar-refractivity contribution is 4.98. The number of aliphatic hydroxyl groups excluding tert-OH is 3. The summed E-state index contributed by atoms with van der Waals surface area (Å²) in [6.45, 7) is 3.18. The Morgan fingerprint density at radius 1 is 1.50 bits per heavy atom. The maximum absolute atomic E-state index is 9.02. The largest absolute Gasteiger partial charge is 0.510 e. The zero-order valence-corrected chi connectivity index (χ0v) is 5.40. The summed E-state index contributed by atoms with van der Waals surface area (Å²) in [5, 5.41) is 26.6. The van der Waals surface area contributed by atoms with Gasteiger partial charge in [-0.3, -0.25) is 0 Å². The fourth-order valence-electron chi connectivity index (χ4n) is 0.946. The molecule has 0 aromatic carbocycles. The van der Waals surface area contributed by atoms with E-state index in [1.165, 1.54) is 0 Å². The number of ether oxygens (including phenoxy) is 1. The topological polar surface area (TPSA) is 69.9 Å². The molecule has 1 aliphatic rings. The van der Waals surface area contributed by atoms with Crippen molar-refractivity contribution in [3.63, 3.8) is 0 Å². The molecule has 1 rings (SSSR count). The van der Waals surface area contributed by atoms with E-state index in [9.17, 15) is 0 Å². The van der Waals surface area contributed by atoms with Crippen molar-refractivity contribution in [2.24, 2.45) is 0 Å². The maximum atomic E-state index is 9.02. The Morgan fingerprint density at radius 3 is 2.30 bits per heavy atom. The molecular formula is C6H10O4. The summed E-state index contributed by atoms with van der Waals surface area (Å²) >= 11 is 0. The van der Waals surface area contributed by atoms with Crippen molar-refractivity contribution < 1.29 is 20.1 Å². The highest BCUT2D eigenvalue weighted by Gasteiger charge is 2.34. The predicted molar refractivity (Wildman–Crippen MR) is 33.3 cm³/mol. The molecule has 0 bridgehead atoms. The van der Waals surface area contributed by atoms with Crippen LogP contribution < -0.4 is 0 Å². The van der Waals surface area contributed by atoms with E-state index in [0.717, 1.165) is 0 Å². The van der Waals surface area contributed by atoms with Crippen molar-refractivity contribution in [1.29, 1.82) is 0 Å². The summed E-state index contributed by atoms with van der Waals surface area (Å²) in [5.41, 5.74) is 0. The summed E-state index contributed by atoms with van der Waals surface area (Å²) in [5.74, 6) is -0.246. The average molecular weight is 146 g/mol. The zero-order chi connectivity index (χ0) is 7.72. The number of rotatable bonds is 1. The molecule has 0 spiro atoms. The van der Waals surface area contributed by atoms with Gasteiger partial charge >= 0.3 is 0 Å².